The summed E-state index contributed by atoms with van der Waals surface area (Å²) in [6, 6.07) is 49.1. The Morgan fingerprint density at radius 3 is 1.76 bits per heavy atom. The average Bonchev–Trinajstić information content (AvgIpc) is 3.67. The van der Waals surface area contributed by atoms with Crippen molar-refractivity contribution in [2.24, 2.45) is 0 Å². The molecule has 5 heteroatoms. The molecule has 8 rings (SSSR count). The van der Waals surface area contributed by atoms with Gasteiger partial charge in [0.05, 0.1) is 34.0 Å². The summed E-state index contributed by atoms with van der Waals surface area (Å²) in [7, 11) is 0. The molecule has 252 valence electrons. The van der Waals surface area contributed by atoms with Gasteiger partial charge in [0, 0.05) is 40.0 Å². The first-order chi connectivity index (χ1) is 24.5. The molecule has 0 unspecified atom stereocenters. The molecule has 5 nitrogen and oxygen atoms in total. The number of ether oxygens (including phenoxy) is 1. The van der Waals surface area contributed by atoms with Crippen LogP contribution >= 0.6 is 0 Å². The van der Waals surface area contributed by atoms with Crippen LogP contribution in [0.25, 0.3) is 27.5 Å². The van der Waals surface area contributed by atoms with Crippen molar-refractivity contribution in [2.75, 3.05) is 16.5 Å². The van der Waals surface area contributed by atoms with Crippen LogP contribution in [-0.4, -0.2) is 11.2 Å². The Balaban J connectivity index is 1.16. The van der Waals surface area contributed by atoms with E-state index in [4.69, 9.17) is 4.74 Å². The maximum Gasteiger partial charge on any atom is 0.129 e. The Kier molecular flexibility index (Phi) is 7.65. The number of nitriles is 1. The minimum atomic E-state index is 0.00534. The van der Waals surface area contributed by atoms with Gasteiger partial charge in [-0.15, -0.1) is 0 Å². The molecule has 0 saturated heterocycles. The molecular formula is C46H42N4O. The van der Waals surface area contributed by atoms with Crippen LogP contribution in [0.2, 0.25) is 0 Å². The van der Waals surface area contributed by atoms with Crippen molar-refractivity contribution >= 4 is 44.6 Å². The average molecular weight is 667 g/mol. The molecule has 6 aromatic carbocycles. The van der Waals surface area contributed by atoms with E-state index in [2.05, 4.69) is 171 Å². The summed E-state index contributed by atoms with van der Waals surface area (Å²) in [5.74, 6) is 1.51. The highest BCUT2D eigenvalue weighted by Gasteiger charge is 2.29. The van der Waals surface area contributed by atoms with Crippen molar-refractivity contribution in [1.29, 1.82) is 5.26 Å². The number of benzene rings is 6. The summed E-state index contributed by atoms with van der Waals surface area (Å²) in [5.41, 5.74) is 11.0. The van der Waals surface area contributed by atoms with Gasteiger partial charge in [-0.3, -0.25) is 0 Å². The second-order valence-corrected chi connectivity index (χ2v) is 15.5. The Morgan fingerprint density at radius 2 is 1.12 bits per heavy atom. The molecule has 1 aliphatic heterocycles. The Morgan fingerprint density at radius 1 is 0.529 bits per heavy atom. The number of hydrogen-bond acceptors (Lipinski definition) is 4. The summed E-state index contributed by atoms with van der Waals surface area (Å²) in [6.45, 7) is 14.2. The molecule has 0 amide bonds. The highest BCUT2D eigenvalue weighted by Crippen LogP contribution is 2.45. The summed E-state index contributed by atoms with van der Waals surface area (Å²) >= 11 is 0. The minimum absolute atomic E-state index is 0.00534. The zero-order valence-electron chi connectivity index (χ0n) is 30.1. The highest BCUT2D eigenvalue weighted by atomic mass is 16.5. The fourth-order valence-electron chi connectivity index (χ4n) is 7.17. The van der Waals surface area contributed by atoms with Gasteiger partial charge in [0.1, 0.15) is 18.2 Å². The topological polar surface area (TPSA) is 44.4 Å². The van der Waals surface area contributed by atoms with Crippen LogP contribution in [-0.2, 0) is 10.8 Å². The molecule has 0 radical (unpaired) electrons. The van der Waals surface area contributed by atoms with Crippen molar-refractivity contribution in [3.8, 4) is 23.3 Å². The van der Waals surface area contributed by atoms with Gasteiger partial charge in [0.15, 0.2) is 0 Å². The molecule has 1 aliphatic rings. The van der Waals surface area contributed by atoms with Crippen molar-refractivity contribution in [3.05, 3.63) is 150 Å². The SMILES string of the molecule is CC(C)(C)c1cccc(N2CN(c3cccc(Oc4ccc5c6cc(C#N)ccc6n(-c6cccc(C(C)(C)C)c6)c5c4)c3)c3ccccc32)c1. The van der Waals surface area contributed by atoms with Gasteiger partial charge in [0.25, 0.3) is 0 Å². The summed E-state index contributed by atoms with van der Waals surface area (Å²) < 4.78 is 8.93. The van der Waals surface area contributed by atoms with E-state index < -0.39 is 0 Å². The Bertz CT molecular complexity index is 2490. The van der Waals surface area contributed by atoms with E-state index in [1.807, 2.05) is 24.3 Å². The third-order valence-corrected chi connectivity index (χ3v) is 9.97. The molecule has 0 aliphatic carbocycles. The number of nitrogens with zero attached hydrogens (tertiary/aromatic N) is 4. The van der Waals surface area contributed by atoms with Gasteiger partial charge in [-0.2, -0.15) is 5.26 Å². The molecule has 0 spiro atoms. The predicted molar refractivity (Wildman–Crippen MR) is 211 cm³/mol. The van der Waals surface area contributed by atoms with E-state index in [1.54, 1.807) is 0 Å². The third-order valence-electron chi connectivity index (χ3n) is 9.97. The number of anilines is 4. The smallest absolute Gasteiger partial charge is 0.129 e. The lowest BCUT2D eigenvalue weighted by Crippen LogP contribution is -2.24. The van der Waals surface area contributed by atoms with E-state index in [-0.39, 0.29) is 10.8 Å². The van der Waals surface area contributed by atoms with Gasteiger partial charge < -0.3 is 19.1 Å². The number of para-hydroxylation sites is 2. The lowest BCUT2D eigenvalue weighted by atomic mass is 9.87. The molecule has 51 heavy (non-hydrogen) atoms. The molecule has 0 N–H and O–H groups in total. The highest BCUT2D eigenvalue weighted by molar-refractivity contribution is 6.10. The third kappa shape index (κ3) is 5.87. The summed E-state index contributed by atoms with van der Waals surface area (Å²) in [6.07, 6.45) is 0. The Labute approximate surface area is 300 Å². The first-order valence-corrected chi connectivity index (χ1v) is 17.6. The fraction of sp³-hybridized carbons (Fsp3) is 0.196. The first-order valence-electron chi connectivity index (χ1n) is 17.6. The lowest BCUT2D eigenvalue weighted by Gasteiger charge is -2.25. The molecule has 7 aromatic rings. The number of fused-ring (bicyclic) bond motifs is 4. The zero-order chi connectivity index (χ0) is 35.5. The van der Waals surface area contributed by atoms with Crippen LogP contribution in [0.1, 0.15) is 58.2 Å². The van der Waals surface area contributed by atoms with Crippen molar-refractivity contribution in [2.45, 2.75) is 52.4 Å². The molecule has 2 heterocycles. The normalized spacial score (nSPS) is 13.1. The zero-order valence-corrected chi connectivity index (χ0v) is 30.1. The van der Waals surface area contributed by atoms with Crippen LogP contribution in [0.4, 0.5) is 22.7 Å². The number of hydrogen-bond donors (Lipinski definition) is 0. The number of aromatic nitrogens is 1. The van der Waals surface area contributed by atoms with Crippen molar-refractivity contribution in [3.63, 3.8) is 0 Å². The summed E-state index contributed by atoms with van der Waals surface area (Å²) in [4.78, 5) is 4.74. The van der Waals surface area contributed by atoms with Gasteiger partial charge in [0.2, 0.25) is 0 Å². The van der Waals surface area contributed by atoms with Gasteiger partial charge in [-0.25, -0.2) is 0 Å². The van der Waals surface area contributed by atoms with Gasteiger partial charge in [-0.05, 0) is 101 Å². The van der Waals surface area contributed by atoms with E-state index in [0.717, 1.165) is 50.4 Å². The van der Waals surface area contributed by atoms with E-state index in [0.29, 0.717) is 12.2 Å². The molecule has 1 aromatic heterocycles. The summed E-state index contributed by atoms with van der Waals surface area (Å²) in [5, 5.41) is 11.8. The molecule has 0 bridgehead atoms. The van der Waals surface area contributed by atoms with E-state index >= 15 is 0 Å². The van der Waals surface area contributed by atoms with Crippen LogP contribution in [0, 0.1) is 11.3 Å². The fourth-order valence-corrected chi connectivity index (χ4v) is 7.17. The minimum Gasteiger partial charge on any atom is -0.457 e. The van der Waals surface area contributed by atoms with Crippen molar-refractivity contribution < 1.29 is 4.74 Å². The van der Waals surface area contributed by atoms with Crippen LogP contribution in [0.15, 0.2) is 133 Å². The van der Waals surface area contributed by atoms with Gasteiger partial charge in [-0.1, -0.05) is 84.0 Å². The standard InChI is InChI=1S/C46H42N4O/c1-45(2,3)32-12-9-14-34(25-32)48-30-49(43-19-8-7-18-42(43)48)35-15-11-17-37(27-35)51-38-21-22-39-40-24-31(29-47)20-23-41(40)50(44(39)28-38)36-16-10-13-33(26-36)46(4,5)6/h7-28H,30H2,1-6H3. The predicted octanol–water partition coefficient (Wildman–Crippen LogP) is 12.3. The second-order valence-electron chi connectivity index (χ2n) is 15.5. The molecule has 0 saturated carbocycles. The quantitative estimate of drug-likeness (QED) is 0.183. The molecule has 0 atom stereocenters. The van der Waals surface area contributed by atoms with Gasteiger partial charge >= 0.3 is 0 Å². The largest absolute Gasteiger partial charge is 0.457 e. The molecular weight excluding hydrogens is 625 g/mol. The van der Waals surface area contributed by atoms with Crippen molar-refractivity contribution in [1.82, 2.24) is 4.57 Å². The molecule has 0 fully saturated rings. The van der Waals surface area contributed by atoms with Crippen LogP contribution < -0.4 is 14.5 Å². The first kappa shape index (κ1) is 32.2. The monoisotopic (exact) mass is 666 g/mol. The maximum absolute atomic E-state index is 9.71. The van der Waals surface area contributed by atoms with E-state index in [9.17, 15) is 5.26 Å². The maximum atomic E-state index is 9.71. The van der Waals surface area contributed by atoms with Crippen LogP contribution in [0.5, 0.6) is 11.5 Å². The van der Waals surface area contributed by atoms with E-state index in [1.165, 1.54) is 22.5 Å². The Hall–Kier alpha value is -5.99. The number of rotatable bonds is 5. The second kappa shape index (κ2) is 12.1. The lowest BCUT2D eigenvalue weighted by molar-refractivity contribution is 0.483. The van der Waals surface area contributed by atoms with Crippen LogP contribution in [0.3, 0.4) is 0 Å².